The molecule has 3 amide bonds. The summed E-state index contributed by atoms with van der Waals surface area (Å²) in [7, 11) is 0. The number of anilines is 1. The molecule has 2 aliphatic heterocycles. The number of para-hydroxylation sites is 2. The summed E-state index contributed by atoms with van der Waals surface area (Å²) in [5, 5.41) is 0.638. The van der Waals surface area contributed by atoms with Gasteiger partial charge in [0.1, 0.15) is 6.54 Å². The molecule has 0 N–H and O–H groups in total. The van der Waals surface area contributed by atoms with Crippen LogP contribution in [0.4, 0.5) is 10.5 Å². The smallest absolute Gasteiger partial charge is 0.298 e. The molecule has 2 fully saturated rings. The number of likely N-dealkylation sites (tertiary alicyclic amines) is 1. The quantitative estimate of drug-likeness (QED) is 0.571. The highest BCUT2D eigenvalue weighted by atomic mass is 32.2. The maximum atomic E-state index is 13.0. The van der Waals surface area contributed by atoms with Gasteiger partial charge in [-0.25, -0.2) is 4.90 Å². The lowest BCUT2D eigenvalue weighted by Gasteiger charge is -2.15. The summed E-state index contributed by atoms with van der Waals surface area (Å²) in [6.45, 7) is 1.90. The van der Waals surface area contributed by atoms with Crippen LogP contribution < -0.4 is 4.90 Å². The Hall–Kier alpha value is -3.32. The number of hydrogen-bond acceptors (Lipinski definition) is 4. The van der Waals surface area contributed by atoms with Crippen molar-refractivity contribution < 1.29 is 14.4 Å². The van der Waals surface area contributed by atoms with E-state index in [0.717, 1.165) is 54.2 Å². The van der Waals surface area contributed by atoms with Crippen LogP contribution in [0.25, 0.3) is 17.0 Å². The van der Waals surface area contributed by atoms with Crippen molar-refractivity contribution in [2.24, 2.45) is 0 Å². The summed E-state index contributed by atoms with van der Waals surface area (Å²) in [6, 6.07) is 16.7. The van der Waals surface area contributed by atoms with Crippen molar-refractivity contribution in [3.63, 3.8) is 0 Å². The molecule has 5 rings (SSSR count). The highest BCUT2D eigenvalue weighted by molar-refractivity contribution is 8.19. The van der Waals surface area contributed by atoms with Crippen LogP contribution in [-0.4, -0.2) is 39.6 Å². The minimum atomic E-state index is -0.328. The average Bonchev–Trinajstić information content (AvgIpc) is 3.49. The van der Waals surface area contributed by atoms with Gasteiger partial charge in [-0.3, -0.25) is 14.4 Å². The van der Waals surface area contributed by atoms with Gasteiger partial charge in [0.2, 0.25) is 5.91 Å². The van der Waals surface area contributed by atoms with Gasteiger partial charge in [-0.15, -0.1) is 0 Å². The highest BCUT2D eigenvalue weighted by Gasteiger charge is 2.36. The van der Waals surface area contributed by atoms with Gasteiger partial charge in [0, 0.05) is 35.8 Å². The summed E-state index contributed by atoms with van der Waals surface area (Å²) in [4.78, 5) is 41.7. The van der Waals surface area contributed by atoms with Crippen LogP contribution in [-0.2, 0) is 16.1 Å². The molecular weight excluding hydrogens is 410 g/mol. The number of amides is 3. The average molecular weight is 432 g/mol. The monoisotopic (exact) mass is 431 g/mol. The fourth-order valence-electron chi connectivity index (χ4n) is 4.14. The molecule has 2 aromatic carbocycles. The van der Waals surface area contributed by atoms with Gasteiger partial charge in [-0.1, -0.05) is 36.4 Å². The Labute approximate surface area is 184 Å². The van der Waals surface area contributed by atoms with E-state index in [1.165, 1.54) is 4.90 Å². The molecule has 0 atom stereocenters. The first kappa shape index (κ1) is 19.6. The minimum Gasteiger partial charge on any atom is -0.341 e. The number of fused-ring (bicyclic) bond motifs is 1. The predicted molar refractivity (Wildman–Crippen MR) is 123 cm³/mol. The molecular formula is C24H21N3O3S. The first-order chi connectivity index (χ1) is 15.1. The fourth-order valence-corrected chi connectivity index (χ4v) is 4.97. The Morgan fingerprint density at radius 1 is 0.968 bits per heavy atom. The van der Waals surface area contributed by atoms with E-state index >= 15 is 0 Å². The molecule has 6 nitrogen and oxygen atoms in total. The third-order valence-corrected chi connectivity index (χ3v) is 6.55. The molecule has 2 saturated heterocycles. The molecule has 0 bridgehead atoms. The van der Waals surface area contributed by atoms with E-state index in [9.17, 15) is 14.4 Å². The van der Waals surface area contributed by atoms with E-state index in [0.29, 0.717) is 10.6 Å². The maximum Gasteiger partial charge on any atom is 0.298 e. The zero-order valence-electron chi connectivity index (χ0n) is 16.9. The van der Waals surface area contributed by atoms with Crippen LogP contribution in [0.5, 0.6) is 0 Å². The number of rotatable bonds is 4. The molecule has 0 unspecified atom stereocenters. The Balaban J connectivity index is 1.48. The summed E-state index contributed by atoms with van der Waals surface area (Å²) in [5.74, 6) is -0.222. The topological polar surface area (TPSA) is 62.6 Å². The van der Waals surface area contributed by atoms with E-state index in [-0.39, 0.29) is 23.6 Å². The van der Waals surface area contributed by atoms with Gasteiger partial charge in [0.25, 0.3) is 11.1 Å². The van der Waals surface area contributed by atoms with Crippen LogP contribution in [0, 0.1) is 0 Å². The van der Waals surface area contributed by atoms with Crippen molar-refractivity contribution in [2.75, 3.05) is 18.0 Å². The molecule has 3 aromatic rings. The van der Waals surface area contributed by atoms with E-state index in [1.807, 2.05) is 46.0 Å². The third kappa shape index (κ3) is 3.65. The van der Waals surface area contributed by atoms with Crippen molar-refractivity contribution in [1.29, 1.82) is 0 Å². The van der Waals surface area contributed by atoms with Crippen LogP contribution in [0.3, 0.4) is 0 Å². The van der Waals surface area contributed by atoms with Crippen molar-refractivity contribution >= 4 is 51.5 Å². The third-order valence-electron chi connectivity index (χ3n) is 5.68. The van der Waals surface area contributed by atoms with Crippen molar-refractivity contribution in [2.45, 2.75) is 19.4 Å². The van der Waals surface area contributed by atoms with Crippen LogP contribution in [0.1, 0.15) is 18.4 Å². The number of benzene rings is 2. The molecule has 0 spiro atoms. The molecule has 0 saturated carbocycles. The SMILES string of the molecule is O=C(Cn1cc(/C=C2\SC(=O)N(c3ccccc3)C2=O)c2ccccc21)N1CCCC1. The zero-order valence-corrected chi connectivity index (χ0v) is 17.7. The van der Waals surface area contributed by atoms with E-state index in [2.05, 4.69) is 0 Å². The number of imide groups is 1. The van der Waals surface area contributed by atoms with Crippen molar-refractivity contribution in [1.82, 2.24) is 9.47 Å². The number of nitrogens with zero attached hydrogens (tertiary/aromatic N) is 3. The van der Waals surface area contributed by atoms with Crippen LogP contribution in [0.15, 0.2) is 65.7 Å². The highest BCUT2D eigenvalue weighted by Crippen LogP contribution is 2.36. The summed E-state index contributed by atoms with van der Waals surface area (Å²) in [6.07, 6.45) is 5.77. The van der Waals surface area contributed by atoms with Gasteiger partial charge >= 0.3 is 0 Å². The minimum absolute atomic E-state index is 0.106. The van der Waals surface area contributed by atoms with Gasteiger partial charge in [-0.2, -0.15) is 0 Å². The number of carbonyl (C=O) groups is 3. The molecule has 3 heterocycles. The van der Waals surface area contributed by atoms with Crippen LogP contribution in [0.2, 0.25) is 0 Å². The Kier molecular flexibility index (Phi) is 5.11. The zero-order chi connectivity index (χ0) is 21.4. The largest absolute Gasteiger partial charge is 0.341 e. The molecule has 1 aromatic heterocycles. The lowest BCUT2D eigenvalue weighted by atomic mass is 10.1. The Morgan fingerprint density at radius 3 is 2.45 bits per heavy atom. The van der Waals surface area contributed by atoms with Crippen molar-refractivity contribution in [3.8, 4) is 0 Å². The standard InChI is InChI=1S/C24H21N3O3S/c28-22(25-12-6-7-13-25)16-26-15-17(19-10-4-5-11-20(19)26)14-21-23(29)27(24(30)31-21)18-8-2-1-3-9-18/h1-5,8-11,14-15H,6-7,12-13,16H2/b21-14-. The summed E-state index contributed by atoms with van der Waals surface area (Å²) < 4.78 is 1.93. The second-order valence-electron chi connectivity index (χ2n) is 7.67. The first-order valence-electron chi connectivity index (χ1n) is 10.3. The number of hydrogen-bond donors (Lipinski definition) is 0. The second kappa shape index (κ2) is 8.07. The second-order valence-corrected chi connectivity index (χ2v) is 8.66. The van der Waals surface area contributed by atoms with E-state index < -0.39 is 0 Å². The van der Waals surface area contributed by atoms with Gasteiger partial charge < -0.3 is 9.47 Å². The Morgan fingerprint density at radius 2 is 1.68 bits per heavy atom. The lowest BCUT2D eigenvalue weighted by Crippen LogP contribution is -2.30. The molecule has 0 radical (unpaired) electrons. The number of thioether (sulfide) groups is 1. The first-order valence-corrected chi connectivity index (χ1v) is 11.1. The normalized spacial score (nSPS) is 18.0. The van der Waals surface area contributed by atoms with Crippen LogP contribution >= 0.6 is 11.8 Å². The molecule has 31 heavy (non-hydrogen) atoms. The maximum absolute atomic E-state index is 13.0. The molecule has 2 aliphatic rings. The summed E-state index contributed by atoms with van der Waals surface area (Å²) in [5.41, 5.74) is 2.32. The number of aromatic nitrogens is 1. The van der Waals surface area contributed by atoms with Crippen molar-refractivity contribution in [3.05, 3.63) is 71.3 Å². The summed E-state index contributed by atoms with van der Waals surface area (Å²) >= 11 is 0.938. The lowest BCUT2D eigenvalue weighted by molar-refractivity contribution is -0.130. The van der Waals surface area contributed by atoms with Gasteiger partial charge in [-0.05, 0) is 48.9 Å². The van der Waals surface area contributed by atoms with Gasteiger partial charge in [0.15, 0.2) is 0 Å². The van der Waals surface area contributed by atoms with E-state index in [4.69, 9.17) is 0 Å². The van der Waals surface area contributed by atoms with E-state index in [1.54, 1.807) is 30.3 Å². The predicted octanol–water partition coefficient (Wildman–Crippen LogP) is 4.50. The Bertz CT molecular complexity index is 1210. The molecule has 156 valence electrons. The van der Waals surface area contributed by atoms with Gasteiger partial charge in [0.05, 0.1) is 10.6 Å². The molecule has 7 heteroatoms. The molecule has 0 aliphatic carbocycles. The number of carbonyl (C=O) groups excluding carboxylic acids is 3. The fraction of sp³-hybridized carbons (Fsp3) is 0.208.